The number of ether oxygens (including phenoxy) is 1. The van der Waals surface area contributed by atoms with E-state index >= 15 is 0 Å². The molecular weight excluding hydrogens is 453 g/mol. The van der Waals surface area contributed by atoms with Crippen LogP contribution in [-0.2, 0) is 18.8 Å². The van der Waals surface area contributed by atoms with Crippen molar-refractivity contribution in [3.63, 3.8) is 0 Å². The van der Waals surface area contributed by atoms with Crippen molar-refractivity contribution in [1.29, 1.82) is 0 Å². The summed E-state index contributed by atoms with van der Waals surface area (Å²) in [7, 11) is -0.309. The largest absolute Gasteiger partial charge is 0.494 e. The summed E-state index contributed by atoms with van der Waals surface area (Å²) in [5, 5.41) is 0. The van der Waals surface area contributed by atoms with Crippen molar-refractivity contribution in [2.75, 3.05) is 57.3 Å². The summed E-state index contributed by atoms with van der Waals surface area (Å²) in [4.78, 5) is 19.5. The summed E-state index contributed by atoms with van der Waals surface area (Å²) < 4.78 is 17.9. The Labute approximate surface area is 218 Å². The van der Waals surface area contributed by atoms with Gasteiger partial charge in [0.1, 0.15) is 5.60 Å². The Bertz CT molecular complexity index is 867. The van der Waals surface area contributed by atoms with Gasteiger partial charge in [-0.05, 0) is 97.9 Å². The Kier molecular flexibility index (Phi) is 8.11. The summed E-state index contributed by atoms with van der Waals surface area (Å²) in [6.07, 6.45) is 2.31. The number of carbonyl (C=O) groups is 1. The summed E-state index contributed by atoms with van der Waals surface area (Å²) >= 11 is 0. The fourth-order valence-electron chi connectivity index (χ4n) is 5.26. The van der Waals surface area contributed by atoms with E-state index in [1.807, 2.05) is 20.8 Å². The van der Waals surface area contributed by atoms with E-state index in [2.05, 4.69) is 66.7 Å². The molecule has 1 aromatic carbocycles. The average molecular weight is 500 g/mol. The van der Waals surface area contributed by atoms with Crippen LogP contribution in [0.2, 0.25) is 0 Å². The first-order valence-electron chi connectivity index (χ1n) is 13.7. The maximum Gasteiger partial charge on any atom is 0.494 e. The molecule has 3 aliphatic rings. The number of nitrogens with zero attached hydrogens (tertiary/aromatic N) is 3. The molecular formula is C28H46BN3O4. The van der Waals surface area contributed by atoms with Crippen LogP contribution in [0.3, 0.4) is 0 Å². The van der Waals surface area contributed by atoms with E-state index in [9.17, 15) is 4.79 Å². The zero-order valence-electron chi connectivity index (χ0n) is 23.5. The summed E-state index contributed by atoms with van der Waals surface area (Å²) in [6, 6.07) is 8.71. The fraction of sp³-hybridized carbons (Fsp3) is 0.750. The van der Waals surface area contributed by atoms with Crippen LogP contribution in [0.5, 0.6) is 0 Å². The Morgan fingerprint density at radius 2 is 1.47 bits per heavy atom. The van der Waals surface area contributed by atoms with Crippen LogP contribution in [0.25, 0.3) is 0 Å². The smallest absolute Gasteiger partial charge is 0.459 e. The topological polar surface area (TPSA) is 54.5 Å². The van der Waals surface area contributed by atoms with Gasteiger partial charge in [0.25, 0.3) is 0 Å². The molecule has 3 heterocycles. The van der Waals surface area contributed by atoms with Crippen LogP contribution in [0, 0.1) is 5.92 Å². The van der Waals surface area contributed by atoms with Gasteiger partial charge in [0.2, 0.25) is 0 Å². The number of likely N-dealkylation sites (tertiary alicyclic amines) is 1. The minimum absolute atomic E-state index is 0.110. The molecule has 3 fully saturated rings. The highest BCUT2D eigenvalue weighted by atomic mass is 16.7. The molecule has 0 saturated carbocycles. The van der Waals surface area contributed by atoms with Crippen molar-refractivity contribution >= 4 is 24.2 Å². The lowest BCUT2D eigenvalue weighted by molar-refractivity contribution is -0.156. The van der Waals surface area contributed by atoms with Crippen molar-refractivity contribution in [2.45, 2.75) is 78.1 Å². The first kappa shape index (κ1) is 27.4. The quantitative estimate of drug-likeness (QED) is 0.440. The van der Waals surface area contributed by atoms with Crippen molar-refractivity contribution in [3.05, 3.63) is 24.3 Å². The highest BCUT2D eigenvalue weighted by Crippen LogP contribution is 2.36. The lowest BCUT2D eigenvalue weighted by atomic mass is 9.79. The predicted octanol–water partition coefficient (Wildman–Crippen LogP) is 3.16. The second-order valence-corrected chi connectivity index (χ2v) is 12.8. The molecule has 3 saturated heterocycles. The molecule has 4 rings (SSSR count). The molecule has 0 unspecified atom stereocenters. The maximum absolute atomic E-state index is 12.1. The number of piperazine rings is 1. The Morgan fingerprint density at radius 1 is 0.917 bits per heavy atom. The second kappa shape index (κ2) is 10.6. The molecule has 0 N–H and O–H groups in total. The van der Waals surface area contributed by atoms with E-state index in [-0.39, 0.29) is 24.3 Å². The lowest BCUT2D eigenvalue weighted by Crippen LogP contribution is -2.49. The first-order chi connectivity index (χ1) is 16.8. The number of hydrogen-bond donors (Lipinski definition) is 0. The Balaban J connectivity index is 1.18. The summed E-state index contributed by atoms with van der Waals surface area (Å²) in [6.45, 7) is 22.0. The van der Waals surface area contributed by atoms with Crippen LogP contribution < -0.4 is 10.4 Å². The molecule has 0 aliphatic carbocycles. The number of rotatable bonds is 6. The highest BCUT2D eigenvalue weighted by Gasteiger charge is 2.51. The fourth-order valence-corrected chi connectivity index (χ4v) is 5.26. The zero-order chi connectivity index (χ0) is 26.1. The minimum atomic E-state index is -0.410. The standard InChI is InChI=1S/C28H46BN3O4/c1-26(2,3)34-25(33)21-30-14-12-22(13-15-30)20-31-16-18-32(19-17-31)24-10-8-23(9-11-24)29-35-27(4,5)28(6,7)36-29/h8-11,22H,12-21H2,1-7H3. The number of esters is 1. The van der Waals surface area contributed by atoms with Gasteiger partial charge < -0.3 is 18.9 Å². The number of benzene rings is 1. The molecule has 3 aliphatic heterocycles. The second-order valence-electron chi connectivity index (χ2n) is 12.8. The normalized spacial score (nSPS) is 23.8. The van der Waals surface area contributed by atoms with Crippen LogP contribution in [0.4, 0.5) is 5.69 Å². The van der Waals surface area contributed by atoms with Crippen molar-refractivity contribution in [1.82, 2.24) is 9.80 Å². The Morgan fingerprint density at radius 3 is 2.00 bits per heavy atom. The molecule has 200 valence electrons. The van der Waals surface area contributed by atoms with Gasteiger partial charge in [0.05, 0.1) is 17.7 Å². The third kappa shape index (κ3) is 6.83. The van der Waals surface area contributed by atoms with Gasteiger partial charge in [-0.2, -0.15) is 0 Å². The highest BCUT2D eigenvalue weighted by molar-refractivity contribution is 6.62. The van der Waals surface area contributed by atoms with Crippen molar-refractivity contribution < 1.29 is 18.8 Å². The van der Waals surface area contributed by atoms with Crippen molar-refractivity contribution in [3.8, 4) is 0 Å². The van der Waals surface area contributed by atoms with Gasteiger partial charge in [-0.1, -0.05) is 12.1 Å². The van der Waals surface area contributed by atoms with Crippen LogP contribution in [0.15, 0.2) is 24.3 Å². The van der Waals surface area contributed by atoms with E-state index in [4.69, 9.17) is 14.0 Å². The molecule has 0 bridgehead atoms. The van der Waals surface area contributed by atoms with Crippen LogP contribution in [-0.4, -0.2) is 92.0 Å². The maximum atomic E-state index is 12.1. The molecule has 0 amide bonds. The van der Waals surface area contributed by atoms with Gasteiger partial charge in [-0.3, -0.25) is 14.6 Å². The van der Waals surface area contributed by atoms with Gasteiger partial charge in [-0.15, -0.1) is 0 Å². The molecule has 0 atom stereocenters. The van der Waals surface area contributed by atoms with E-state index < -0.39 is 5.60 Å². The molecule has 0 radical (unpaired) electrons. The van der Waals surface area contributed by atoms with Crippen LogP contribution in [0.1, 0.15) is 61.3 Å². The molecule has 0 spiro atoms. The van der Waals surface area contributed by atoms with Gasteiger partial charge in [-0.25, -0.2) is 0 Å². The molecule has 36 heavy (non-hydrogen) atoms. The summed E-state index contributed by atoms with van der Waals surface area (Å²) in [5.74, 6) is 0.603. The lowest BCUT2D eigenvalue weighted by Gasteiger charge is -2.39. The van der Waals surface area contributed by atoms with Gasteiger partial charge in [0, 0.05) is 38.4 Å². The number of hydrogen-bond acceptors (Lipinski definition) is 7. The Hall–Kier alpha value is -1.61. The molecule has 7 nitrogen and oxygen atoms in total. The number of anilines is 1. The third-order valence-corrected chi connectivity index (χ3v) is 8.15. The first-order valence-corrected chi connectivity index (χ1v) is 13.7. The minimum Gasteiger partial charge on any atom is -0.459 e. The molecule has 1 aromatic rings. The zero-order valence-corrected chi connectivity index (χ0v) is 23.5. The third-order valence-electron chi connectivity index (χ3n) is 8.15. The number of piperidine rings is 1. The molecule has 0 aromatic heterocycles. The van der Waals surface area contributed by atoms with E-state index in [0.29, 0.717) is 12.5 Å². The van der Waals surface area contributed by atoms with Crippen molar-refractivity contribution in [2.24, 2.45) is 5.92 Å². The SMILES string of the molecule is CC(C)(C)OC(=O)CN1CCC(CN2CCN(c3ccc(B4OC(C)(C)C(C)(C)O4)cc3)CC2)CC1. The van der Waals surface area contributed by atoms with Gasteiger partial charge >= 0.3 is 13.1 Å². The average Bonchev–Trinajstić information content (AvgIpc) is 3.01. The monoisotopic (exact) mass is 499 g/mol. The van der Waals surface area contributed by atoms with E-state index in [1.54, 1.807) is 0 Å². The molecule has 8 heteroatoms. The summed E-state index contributed by atoms with van der Waals surface area (Å²) in [5.41, 5.74) is 1.30. The van der Waals surface area contributed by atoms with E-state index in [0.717, 1.165) is 64.1 Å². The van der Waals surface area contributed by atoms with Crippen LogP contribution >= 0.6 is 0 Å². The predicted molar refractivity (Wildman–Crippen MR) is 146 cm³/mol. The number of carbonyl (C=O) groups excluding carboxylic acids is 1. The van der Waals surface area contributed by atoms with E-state index in [1.165, 1.54) is 5.69 Å². The van der Waals surface area contributed by atoms with Gasteiger partial charge in [0.15, 0.2) is 0 Å².